The highest BCUT2D eigenvalue weighted by Gasteiger charge is 2.52. The topological polar surface area (TPSA) is 43.7 Å². The Hall–Kier alpha value is -4.12. The summed E-state index contributed by atoms with van der Waals surface area (Å²) in [6.45, 7) is 13.9. The van der Waals surface area contributed by atoms with E-state index in [4.69, 9.17) is 0 Å². The van der Waals surface area contributed by atoms with Crippen molar-refractivity contribution in [1.82, 2.24) is 0 Å². The van der Waals surface area contributed by atoms with Crippen LogP contribution >= 0.6 is 0 Å². The third kappa shape index (κ3) is 3.39. The molecule has 0 bridgehead atoms. The lowest BCUT2D eigenvalue weighted by Gasteiger charge is -2.55. The van der Waals surface area contributed by atoms with Gasteiger partial charge >= 0.3 is 7.12 Å². The molecule has 3 nitrogen and oxygen atoms in total. The van der Waals surface area contributed by atoms with E-state index in [1.807, 2.05) is 12.1 Å². The predicted octanol–water partition coefficient (Wildman–Crippen LogP) is 8.09. The van der Waals surface area contributed by atoms with Crippen LogP contribution < -0.4 is 10.4 Å². The molecule has 0 spiro atoms. The van der Waals surface area contributed by atoms with E-state index < -0.39 is 7.12 Å². The van der Waals surface area contributed by atoms with Crippen molar-refractivity contribution in [3.63, 3.8) is 0 Å². The van der Waals surface area contributed by atoms with E-state index in [0.29, 0.717) is 5.46 Å². The van der Waals surface area contributed by atoms with Crippen LogP contribution in [0.4, 0.5) is 17.1 Å². The number of anilines is 3. The fraction of sp³-hybridized carbons (Fsp3) is 0.231. The molecule has 0 amide bonds. The lowest BCUT2D eigenvalue weighted by Crippen LogP contribution is -2.45. The van der Waals surface area contributed by atoms with Crippen LogP contribution in [0.25, 0.3) is 22.3 Å². The van der Waals surface area contributed by atoms with Gasteiger partial charge in [0.2, 0.25) is 0 Å². The second-order valence-electron chi connectivity index (χ2n) is 14.1. The monoisotopic (exact) mass is 561 g/mol. The Morgan fingerprint density at radius 2 is 0.744 bits per heavy atom. The molecule has 0 aliphatic carbocycles. The maximum atomic E-state index is 10.5. The molecule has 0 saturated heterocycles. The first-order chi connectivity index (χ1) is 20.4. The molecule has 3 aliphatic heterocycles. The number of nitrogens with zero attached hydrogens (tertiary/aromatic N) is 1. The Morgan fingerprint density at radius 3 is 1.05 bits per heavy atom. The maximum Gasteiger partial charge on any atom is 0.488 e. The highest BCUT2D eigenvalue weighted by Crippen LogP contribution is 2.66. The van der Waals surface area contributed by atoms with Crippen molar-refractivity contribution in [3.05, 3.63) is 130 Å². The molecule has 43 heavy (non-hydrogen) atoms. The van der Waals surface area contributed by atoms with Crippen molar-refractivity contribution in [2.24, 2.45) is 0 Å². The fourth-order valence-corrected chi connectivity index (χ4v) is 8.02. The Balaban J connectivity index is 1.55. The molecule has 0 atom stereocenters. The third-order valence-corrected chi connectivity index (χ3v) is 10.6. The first kappa shape index (κ1) is 26.5. The molecule has 0 fully saturated rings. The van der Waals surface area contributed by atoms with Crippen LogP contribution in [0.1, 0.15) is 74.9 Å². The van der Waals surface area contributed by atoms with E-state index in [0.717, 1.165) is 11.1 Å². The van der Waals surface area contributed by atoms with Gasteiger partial charge in [-0.2, -0.15) is 0 Å². The molecule has 8 rings (SSSR count). The Morgan fingerprint density at radius 1 is 0.442 bits per heavy atom. The molecule has 0 saturated carbocycles. The first-order valence-corrected chi connectivity index (χ1v) is 15.3. The molecule has 0 radical (unpaired) electrons. The molecular formula is C39H36BNO2. The summed E-state index contributed by atoms with van der Waals surface area (Å²) in [5.74, 6) is 0. The van der Waals surface area contributed by atoms with E-state index >= 15 is 0 Å². The van der Waals surface area contributed by atoms with Gasteiger partial charge in [0.15, 0.2) is 0 Å². The molecule has 2 N–H and O–H groups in total. The van der Waals surface area contributed by atoms with Crippen molar-refractivity contribution < 1.29 is 10.0 Å². The van der Waals surface area contributed by atoms with Gasteiger partial charge in [-0.3, -0.25) is 0 Å². The van der Waals surface area contributed by atoms with Gasteiger partial charge in [0.05, 0.1) is 17.1 Å². The zero-order chi connectivity index (χ0) is 30.1. The predicted molar refractivity (Wildman–Crippen MR) is 178 cm³/mol. The highest BCUT2D eigenvalue weighted by atomic mass is 16.4. The zero-order valence-electron chi connectivity index (χ0n) is 25.7. The molecule has 4 heteroatoms. The van der Waals surface area contributed by atoms with Crippen LogP contribution in [-0.2, 0) is 16.2 Å². The summed E-state index contributed by atoms with van der Waals surface area (Å²) in [4.78, 5) is 2.53. The largest absolute Gasteiger partial charge is 0.488 e. The van der Waals surface area contributed by atoms with Crippen molar-refractivity contribution in [2.45, 2.75) is 57.8 Å². The van der Waals surface area contributed by atoms with Crippen molar-refractivity contribution in [3.8, 4) is 22.3 Å². The average Bonchev–Trinajstić information content (AvgIpc) is 3.00. The second kappa shape index (κ2) is 8.50. The van der Waals surface area contributed by atoms with Crippen LogP contribution in [0.15, 0.2) is 97.1 Å². The summed E-state index contributed by atoms with van der Waals surface area (Å²) in [6.07, 6.45) is 0. The Kier molecular flexibility index (Phi) is 5.24. The van der Waals surface area contributed by atoms with E-state index in [1.165, 1.54) is 61.6 Å². The third-order valence-electron chi connectivity index (χ3n) is 10.6. The molecule has 5 aromatic rings. The fourth-order valence-electron chi connectivity index (χ4n) is 8.02. The van der Waals surface area contributed by atoms with Gasteiger partial charge in [-0.15, -0.1) is 0 Å². The van der Waals surface area contributed by atoms with Gasteiger partial charge in [-0.25, -0.2) is 0 Å². The van der Waals surface area contributed by atoms with E-state index in [9.17, 15) is 10.0 Å². The molecule has 0 aromatic heterocycles. The number of hydrogen-bond donors (Lipinski definition) is 2. The van der Waals surface area contributed by atoms with Crippen molar-refractivity contribution in [1.29, 1.82) is 0 Å². The van der Waals surface area contributed by atoms with Gasteiger partial charge in [0.1, 0.15) is 0 Å². The highest BCUT2D eigenvalue weighted by molar-refractivity contribution is 6.58. The summed E-state index contributed by atoms with van der Waals surface area (Å²) in [5.41, 5.74) is 15.5. The molecule has 3 aliphatic rings. The van der Waals surface area contributed by atoms with Gasteiger partial charge in [-0.05, 0) is 85.4 Å². The van der Waals surface area contributed by atoms with Crippen LogP contribution in [0.5, 0.6) is 0 Å². The Labute approximate surface area is 254 Å². The number of benzene rings is 5. The van der Waals surface area contributed by atoms with Gasteiger partial charge in [-0.1, -0.05) is 114 Å². The zero-order valence-corrected chi connectivity index (χ0v) is 25.7. The smallest absolute Gasteiger partial charge is 0.423 e. The van der Waals surface area contributed by atoms with E-state index in [1.54, 1.807) is 0 Å². The lowest BCUT2D eigenvalue weighted by molar-refractivity contribution is 0.425. The maximum absolute atomic E-state index is 10.5. The van der Waals surface area contributed by atoms with Gasteiger partial charge in [0.25, 0.3) is 0 Å². The SMILES string of the molecule is CC1(C)c2cc(B(O)O)cc3c2N2c4c1cc(-c1ccccc1)cc4C(C)(C)c1cc(-c4ccccc4)cc(c12)C3(C)C. The van der Waals surface area contributed by atoms with Crippen molar-refractivity contribution >= 4 is 29.6 Å². The van der Waals surface area contributed by atoms with E-state index in [-0.39, 0.29) is 16.2 Å². The summed E-state index contributed by atoms with van der Waals surface area (Å²) < 4.78 is 0. The summed E-state index contributed by atoms with van der Waals surface area (Å²) in [6, 6.07) is 34.9. The molecule has 212 valence electrons. The second-order valence-corrected chi connectivity index (χ2v) is 14.1. The molecule has 5 aromatic carbocycles. The minimum Gasteiger partial charge on any atom is -0.423 e. The summed E-state index contributed by atoms with van der Waals surface area (Å²) >= 11 is 0. The summed E-state index contributed by atoms with van der Waals surface area (Å²) in [7, 11) is -1.55. The minimum absolute atomic E-state index is 0.261. The summed E-state index contributed by atoms with van der Waals surface area (Å²) in [5, 5.41) is 21.0. The van der Waals surface area contributed by atoms with Crippen molar-refractivity contribution in [2.75, 3.05) is 4.90 Å². The van der Waals surface area contributed by atoms with Crippen LogP contribution in [0.3, 0.4) is 0 Å². The molecule has 3 heterocycles. The average molecular weight is 562 g/mol. The standard InChI is InChI=1S/C39H36BNO2/c1-37(2)28-17-25(23-13-9-7-10-14-23)19-30-34(28)41-35-29(37)18-26(24-15-11-8-12-16-24)20-31(35)39(5,6)33-22-27(40(42)43)21-32(36(33)41)38(30,3)4/h7-22,42-43H,1-6H3. The number of hydrogen-bond acceptors (Lipinski definition) is 3. The first-order valence-electron chi connectivity index (χ1n) is 15.3. The quantitative estimate of drug-likeness (QED) is 0.219. The lowest BCUT2D eigenvalue weighted by atomic mass is 9.59. The van der Waals surface area contributed by atoms with E-state index in [2.05, 4.69) is 131 Å². The molecule has 0 unspecified atom stereocenters. The van der Waals surface area contributed by atoms with Gasteiger partial charge in [0, 0.05) is 16.2 Å². The number of rotatable bonds is 3. The van der Waals surface area contributed by atoms with Crippen LogP contribution in [-0.4, -0.2) is 17.2 Å². The minimum atomic E-state index is -1.55. The van der Waals surface area contributed by atoms with Gasteiger partial charge < -0.3 is 14.9 Å². The Bertz CT molecular complexity index is 1840. The normalized spacial score (nSPS) is 17.3. The molecular weight excluding hydrogens is 525 g/mol. The van der Waals surface area contributed by atoms with Crippen LogP contribution in [0, 0.1) is 0 Å². The van der Waals surface area contributed by atoms with Crippen LogP contribution in [0.2, 0.25) is 0 Å².